The number of aryl methyl sites for hydroxylation is 1. The Morgan fingerprint density at radius 1 is 0.933 bits per heavy atom. The topological polar surface area (TPSA) is 43.1 Å². The van der Waals surface area contributed by atoms with Gasteiger partial charge < -0.3 is 0 Å². The molecule has 2 aromatic carbocycles. The molecule has 0 saturated heterocycles. The highest BCUT2D eigenvalue weighted by Crippen LogP contribution is 2.34. The van der Waals surface area contributed by atoms with E-state index in [0.717, 1.165) is 45.3 Å². The first kappa shape index (κ1) is 19.3. The van der Waals surface area contributed by atoms with Gasteiger partial charge in [0.2, 0.25) is 0 Å². The van der Waals surface area contributed by atoms with Gasteiger partial charge in [0.1, 0.15) is 0 Å². The Morgan fingerprint density at radius 2 is 1.70 bits per heavy atom. The Bertz CT molecular complexity index is 1170. The van der Waals surface area contributed by atoms with Gasteiger partial charge in [-0.3, -0.25) is 0 Å². The zero-order valence-corrected chi connectivity index (χ0v) is 17.9. The summed E-state index contributed by atoms with van der Waals surface area (Å²) in [4.78, 5) is 0. The second kappa shape index (κ2) is 8.19. The summed E-state index contributed by atoms with van der Waals surface area (Å²) in [6, 6.07) is 18.4. The van der Waals surface area contributed by atoms with Gasteiger partial charge in [-0.25, -0.2) is 0 Å². The summed E-state index contributed by atoms with van der Waals surface area (Å²) in [6.45, 7) is 2.13. The van der Waals surface area contributed by atoms with Crippen LogP contribution in [-0.2, 0) is 6.42 Å². The summed E-state index contributed by atoms with van der Waals surface area (Å²) in [5.74, 6) is 1.65. The summed E-state index contributed by atoms with van der Waals surface area (Å²) < 4.78 is 1.95. The first-order valence-electron chi connectivity index (χ1n) is 10.8. The van der Waals surface area contributed by atoms with Crippen LogP contribution in [0.15, 0.2) is 54.6 Å². The first-order valence-corrected chi connectivity index (χ1v) is 11.1. The number of halogens is 1. The lowest BCUT2D eigenvalue weighted by molar-refractivity contribution is 0.349. The van der Waals surface area contributed by atoms with Crippen LogP contribution < -0.4 is 0 Å². The molecule has 0 amide bonds. The number of fused-ring (bicyclic) bond motifs is 1. The smallest absolute Gasteiger partial charge is 0.178 e. The number of nitrogens with zero attached hydrogens (tertiary/aromatic N) is 4. The molecule has 0 radical (unpaired) electrons. The van der Waals surface area contributed by atoms with Gasteiger partial charge in [0.05, 0.1) is 5.69 Å². The van der Waals surface area contributed by atoms with Crippen molar-refractivity contribution in [3.05, 3.63) is 71.0 Å². The zero-order valence-electron chi connectivity index (χ0n) is 17.2. The highest BCUT2D eigenvalue weighted by molar-refractivity contribution is 6.30. The maximum absolute atomic E-state index is 6.13. The molecule has 1 aliphatic carbocycles. The molecular formula is C25H25ClN4. The monoisotopic (exact) mass is 416 g/mol. The molecule has 5 rings (SSSR count). The van der Waals surface area contributed by atoms with Crippen LogP contribution >= 0.6 is 11.6 Å². The largest absolute Gasteiger partial charge is 0.197 e. The molecule has 152 valence electrons. The van der Waals surface area contributed by atoms with Gasteiger partial charge in [0, 0.05) is 22.6 Å². The lowest BCUT2D eigenvalue weighted by Gasteiger charge is -2.20. The van der Waals surface area contributed by atoms with Crippen molar-refractivity contribution in [2.75, 3.05) is 0 Å². The van der Waals surface area contributed by atoms with Crippen LogP contribution in [0.5, 0.6) is 0 Å². The predicted octanol–water partition coefficient (Wildman–Crippen LogP) is 6.54. The second-order valence-electron chi connectivity index (χ2n) is 8.32. The Hall–Kier alpha value is -2.72. The van der Waals surface area contributed by atoms with Crippen LogP contribution in [0.2, 0.25) is 5.02 Å². The fourth-order valence-electron chi connectivity index (χ4n) is 4.54. The van der Waals surface area contributed by atoms with E-state index < -0.39 is 0 Å². The standard InChI is InChI=1S/C25H25ClN4/c1-17-7-5-6-10-21(17)25-22(19-11-13-20(26)14-12-19)16-24-28-27-23(30(24)29-25)15-18-8-3-2-4-9-18/h5-7,10-14,16,18H,2-4,8-9,15H2,1H3. The first-order chi connectivity index (χ1) is 14.7. The summed E-state index contributed by atoms with van der Waals surface area (Å²) in [7, 11) is 0. The summed E-state index contributed by atoms with van der Waals surface area (Å²) in [5.41, 5.74) is 6.19. The molecule has 1 aliphatic rings. The average Bonchev–Trinajstić information content (AvgIpc) is 3.16. The summed E-state index contributed by atoms with van der Waals surface area (Å²) in [6.07, 6.45) is 7.51. The van der Waals surface area contributed by atoms with Gasteiger partial charge in [-0.1, -0.05) is 80.1 Å². The number of rotatable bonds is 4. The fraction of sp³-hybridized carbons (Fsp3) is 0.320. The molecule has 1 fully saturated rings. The Balaban J connectivity index is 1.66. The molecule has 2 aromatic heterocycles. The van der Waals surface area contributed by atoms with Crippen LogP contribution in [0.3, 0.4) is 0 Å². The fourth-order valence-corrected chi connectivity index (χ4v) is 4.67. The Labute approximate surface area is 181 Å². The van der Waals surface area contributed by atoms with Crippen molar-refractivity contribution in [2.24, 2.45) is 5.92 Å². The molecule has 0 N–H and O–H groups in total. The van der Waals surface area contributed by atoms with Crippen molar-refractivity contribution >= 4 is 17.2 Å². The highest BCUT2D eigenvalue weighted by atomic mass is 35.5. The van der Waals surface area contributed by atoms with Crippen LogP contribution in [-0.4, -0.2) is 19.8 Å². The molecule has 2 heterocycles. The van der Waals surface area contributed by atoms with Crippen LogP contribution in [0, 0.1) is 12.8 Å². The maximum Gasteiger partial charge on any atom is 0.178 e. The van der Waals surface area contributed by atoms with E-state index in [1.165, 1.54) is 37.7 Å². The zero-order chi connectivity index (χ0) is 20.5. The highest BCUT2D eigenvalue weighted by Gasteiger charge is 2.20. The van der Waals surface area contributed by atoms with E-state index in [4.69, 9.17) is 16.7 Å². The number of aromatic nitrogens is 4. The SMILES string of the molecule is Cc1ccccc1-c1nn2c(CC3CCCCC3)nnc2cc1-c1ccc(Cl)cc1. The molecule has 30 heavy (non-hydrogen) atoms. The number of benzene rings is 2. The molecule has 1 saturated carbocycles. The van der Waals surface area contributed by atoms with Gasteiger partial charge in [-0.15, -0.1) is 10.2 Å². The maximum atomic E-state index is 6.13. The van der Waals surface area contributed by atoms with E-state index in [-0.39, 0.29) is 0 Å². The normalized spacial score (nSPS) is 15.0. The van der Waals surface area contributed by atoms with E-state index in [1.54, 1.807) is 0 Å². The molecule has 5 heteroatoms. The minimum atomic E-state index is 0.686. The van der Waals surface area contributed by atoms with E-state index in [0.29, 0.717) is 5.92 Å². The van der Waals surface area contributed by atoms with Gasteiger partial charge in [-0.2, -0.15) is 9.61 Å². The quantitative estimate of drug-likeness (QED) is 0.379. The van der Waals surface area contributed by atoms with Crippen molar-refractivity contribution in [3.63, 3.8) is 0 Å². The molecule has 0 spiro atoms. The van der Waals surface area contributed by atoms with Gasteiger partial charge in [0.25, 0.3) is 0 Å². The Morgan fingerprint density at radius 3 is 2.47 bits per heavy atom. The van der Waals surface area contributed by atoms with Crippen LogP contribution in [0.4, 0.5) is 0 Å². The van der Waals surface area contributed by atoms with Crippen molar-refractivity contribution in [2.45, 2.75) is 45.4 Å². The molecular weight excluding hydrogens is 392 g/mol. The minimum Gasteiger partial charge on any atom is -0.197 e. The summed E-state index contributed by atoms with van der Waals surface area (Å²) in [5, 5.41) is 14.8. The lowest BCUT2D eigenvalue weighted by Crippen LogP contribution is -2.12. The van der Waals surface area contributed by atoms with Crippen molar-refractivity contribution in [1.29, 1.82) is 0 Å². The third-order valence-electron chi connectivity index (χ3n) is 6.21. The Kier molecular flexibility index (Phi) is 5.26. The van der Waals surface area contributed by atoms with Crippen LogP contribution in [0.1, 0.15) is 43.5 Å². The minimum absolute atomic E-state index is 0.686. The van der Waals surface area contributed by atoms with E-state index in [2.05, 4.69) is 47.5 Å². The number of hydrogen-bond donors (Lipinski definition) is 0. The molecule has 0 atom stereocenters. The van der Waals surface area contributed by atoms with Crippen molar-refractivity contribution in [3.8, 4) is 22.4 Å². The predicted molar refractivity (Wildman–Crippen MR) is 122 cm³/mol. The van der Waals surface area contributed by atoms with Gasteiger partial charge >= 0.3 is 0 Å². The third kappa shape index (κ3) is 3.72. The van der Waals surface area contributed by atoms with E-state index in [1.807, 2.05) is 28.8 Å². The number of hydrogen-bond acceptors (Lipinski definition) is 3. The van der Waals surface area contributed by atoms with E-state index in [9.17, 15) is 0 Å². The van der Waals surface area contributed by atoms with E-state index >= 15 is 0 Å². The van der Waals surface area contributed by atoms with Crippen LogP contribution in [0.25, 0.3) is 28.0 Å². The summed E-state index contributed by atoms with van der Waals surface area (Å²) >= 11 is 6.13. The van der Waals surface area contributed by atoms with Crippen molar-refractivity contribution < 1.29 is 0 Å². The average molecular weight is 417 g/mol. The molecule has 4 aromatic rings. The molecule has 0 unspecified atom stereocenters. The third-order valence-corrected chi connectivity index (χ3v) is 6.46. The molecule has 0 aliphatic heterocycles. The second-order valence-corrected chi connectivity index (χ2v) is 8.76. The molecule has 0 bridgehead atoms. The van der Waals surface area contributed by atoms with Crippen molar-refractivity contribution in [1.82, 2.24) is 19.8 Å². The van der Waals surface area contributed by atoms with Gasteiger partial charge in [-0.05, 0) is 42.2 Å². The molecule has 4 nitrogen and oxygen atoms in total. The van der Waals surface area contributed by atoms with Gasteiger partial charge in [0.15, 0.2) is 11.5 Å². The lowest BCUT2D eigenvalue weighted by atomic mass is 9.87.